The lowest BCUT2D eigenvalue weighted by molar-refractivity contribution is 0.105. The van der Waals surface area contributed by atoms with Crippen LogP contribution in [-0.4, -0.2) is 42.6 Å². The molecule has 4 nitrogen and oxygen atoms in total. The SMILES string of the molecule is Cc1cc(C)cc(OCC(O)CNCCO)c1. The van der Waals surface area contributed by atoms with E-state index in [-0.39, 0.29) is 13.2 Å². The van der Waals surface area contributed by atoms with Gasteiger partial charge in [-0.05, 0) is 37.1 Å². The van der Waals surface area contributed by atoms with Crippen LogP contribution in [0.3, 0.4) is 0 Å². The summed E-state index contributed by atoms with van der Waals surface area (Å²) < 4.78 is 5.51. The fraction of sp³-hybridized carbons (Fsp3) is 0.538. The third-order valence-electron chi connectivity index (χ3n) is 2.31. The Morgan fingerprint density at radius 3 is 2.47 bits per heavy atom. The van der Waals surface area contributed by atoms with Crippen molar-refractivity contribution in [1.29, 1.82) is 0 Å². The molecule has 17 heavy (non-hydrogen) atoms. The highest BCUT2D eigenvalue weighted by Crippen LogP contribution is 2.16. The van der Waals surface area contributed by atoms with Gasteiger partial charge in [-0.2, -0.15) is 0 Å². The second-order valence-electron chi connectivity index (χ2n) is 4.22. The second kappa shape index (κ2) is 7.27. The molecule has 0 aliphatic carbocycles. The molecule has 1 aromatic carbocycles. The fourth-order valence-corrected chi connectivity index (χ4v) is 1.62. The van der Waals surface area contributed by atoms with Crippen molar-refractivity contribution in [3.05, 3.63) is 29.3 Å². The Balaban J connectivity index is 2.34. The first-order valence-corrected chi connectivity index (χ1v) is 5.82. The number of hydrogen-bond donors (Lipinski definition) is 3. The van der Waals surface area contributed by atoms with Crippen LogP contribution < -0.4 is 10.1 Å². The quantitative estimate of drug-likeness (QED) is 0.611. The Kier molecular flexibility index (Phi) is 5.97. The Bertz CT molecular complexity index is 321. The predicted octanol–water partition coefficient (Wildman–Crippen LogP) is 0.625. The third-order valence-corrected chi connectivity index (χ3v) is 2.31. The summed E-state index contributed by atoms with van der Waals surface area (Å²) in [5, 5.41) is 21.1. The Morgan fingerprint density at radius 1 is 1.24 bits per heavy atom. The van der Waals surface area contributed by atoms with E-state index in [9.17, 15) is 5.11 Å². The molecule has 1 rings (SSSR count). The number of aliphatic hydroxyl groups is 2. The minimum Gasteiger partial charge on any atom is -0.491 e. The lowest BCUT2D eigenvalue weighted by Crippen LogP contribution is -2.32. The van der Waals surface area contributed by atoms with Gasteiger partial charge in [-0.25, -0.2) is 0 Å². The molecule has 0 saturated carbocycles. The molecule has 0 saturated heterocycles. The zero-order valence-electron chi connectivity index (χ0n) is 10.4. The summed E-state index contributed by atoms with van der Waals surface area (Å²) in [6, 6.07) is 5.97. The van der Waals surface area contributed by atoms with Crippen molar-refractivity contribution in [2.75, 3.05) is 26.3 Å². The van der Waals surface area contributed by atoms with Crippen molar-refractivity contribution in [2.45, 2.75) is 20.0 Å². The van der Waals surface area contributed by atoms with Crippen molar-refractivity contribution in [3.63, 3.8) is 0 Å². The summed E-state index contributed by atoms with van der Waals surface area (Å²) in [5.41, 5.74) is 2.29. The van der Waals surface area contributed by atoms with E-state index < -0.39 is 6.10 Å². The van der Waals surface area contributed by atoms with Gasteiger partial charge in [0.1, 0.15) is 18.5 Å². The molecule has 4 heteroatoms. The molecule has 0 aliphatic rings. The van der Waals surface area contributed by atoms with Crippen LogP contribution >= 0.6 is 0 Å². The molecule has 0 aromatic heterocycles. The van der Waals surface area contributed by atoms with Gasteiger partial charge in [0.15, 0.2) is 0 Å². The molecular weight excluding hydrogens is 218 g/mol. The predicted molar refractivity (Wildman–Crippen MR) is 67.4 cm³/mol. The lowest BCUT2D eigenvalue weighted by Gasteiger charge is -2.13. The molecule has 0 bridgehead atoms. The molecule has 3 N–H and O–H groups in total. The molecule has 0 radical (unpaired) electrons. The summed E-state index contributed by atoms with van der Waals surface area (Å²) in [5.74, 6) is 0.781. The highest BCUT2D eigenvalue weighted by atomic mass is 16.5. The maximum Gasteiger partial charge on any atom is 0.119 e. The van der Waals surface area contributed by atoms with E-state index in [2.05, 4.69) is 11.4 Å². The normalized spacial score (nSPS) is 12.5. The van der Waals surface area contributed by atoms with Crippen molar-refractivity contribution in [2.24, 2.45) is 0 Å². The maximum atomic E-state index is 9.61. The van der Waals surface area contributed by atoms with Gasteiger partial charge in [0.05, 0.1) is 6.61 Å². The van der Waals surface area contributed by atoms with Gasteiger partial charge < -0.3 is 20.3 Å². The summed E-state index contributed by atoms with van der Waals surface area (Å²) >= 11 is 0. The van der Waals surface area contributed by atoms with Gasteiger partial charge in [-0.3, -0.25) is 0 Å². The minimum atomic E-state index is -0.567. The van der Waals surface area contributed by atoms with Gasteiger partial charge in [0.25, 0.3) is 0 Å². The summed E-state index contributed by atoms with van der Waals surface area (Å²) in [6.07, 6.45) is -0.567. The number of hydrogen-bond acceptors (Lipinski definition) is 4. The number of nitrogens with one attached hydrogen (secondary N) is 1. The van der Waals surface area contributed by atoms with Crippen LogP contribution in [0.2, 0.25) is 0 Å². The zero-order valence-corrected chi connectivity index (χ0v) is 10.4. The molecule has 0 spiro atoms. The van der Waals surface area contributed by atoms with E-state index in [4.69, 9.17) is 9.84 Å². The van der Waals surface area contributed by atoms with Crippen molar-refractivity contribution >= 4 is 0 Å². The van der Waals surface area contributed by atoms with Crippen LogP contribution in [0, 0.1) is 13.8 Å². The van der Waals surface area contributed by atoms with Crippen molar-refractivity contribution in [3.8, 4) is 5.75 Å². The topological polar surface area (TPSA) is 61.7 Å². The zero-order chi connectivity index (χ0) is 12.7. The van der Waals surface area contributed by atoms with Crippen LogP contribution in [0.4, 0.5) is 0 Å². The van der Waals surface area contributed by atoms with Crippen LogP contribution in [0.15, 0.2) is 18.2 Å². The summed E-state index contributed by atoms with van der Waals surface area (Å²) in [7, 11) is 0. The Hall–Kier alpha value is -1.10. The van der Waals surface area contributed by atoms with Crippen LogP contribution in [0.25, 0.3) is 0 Å². The first-order valence-electron chi connectivity index (χ1n) is 5.82. The van der Waals surface area contributed by atoms with E-state index in [0.29, 0.717) is 13.1 Å². The van der Waals surface area contributed by atoms with E-state index in [0.717, 1.165) is 16.9 Å². The number of aliphatic hydroxyl groups excluding tert-OH is 2. The van der Waals surface area contributed by atoms with Gasteiger partial charge in [0.2, 0.25) is 0 Å². The molecule has 96 valence electrons. The fourth-order valence-electron chi connectivity index (χ4n) is 1.62. The first-order chi connectivity index (χ1) is 8.11. The number of benzene rings is 1. The first kappa shape index (κ1) is 14.0. The lowest BCUT2D eigenvalue weighted by atomic mass is 10.1. The third kappa shape index (κ3) is 5.68. The second-order valence-corrected chi connectivity index (χ2v) is 4.22. The average molecular weight is 239 g/mol. The summed E-state index contributed by atoms with van der Waals surface area (Å²) in [4.78, 5) is 0. The highest BCUT2D eigenvalue weighted by molar-refractivity contribution is 5.32. The van der Waals surface area contributed by atoms with Gasteiger partial charge in [-0.15, -0.1) is 0 Å². The molecule has 0 amide bonds. The van der Waals surface area contributed by atoms with Crippen molar-refractivity contribution in [1.82, 2.24) is 5.32 Å². The minimum absolute atomic E-state index is 0.0741. The largest absolute Gasteiger partial charge is 0.491 e. The standard InChI is InChI=1S/C13H21NO3/c1-10-5-11(2)7-13(6-10)17-9-12(16)8-14-3-4-15/h5-7,12,14-16H,3-4,8-9H2,1-2H3. The highest BCUT2D eigenvalue weighted by Gasteiger charge is 2.05. The maximum absolute atomic E-state index is 9.61. The van der Waals surface area contributed by atoms with Crippen LogP contribution in [0.1, 0.15) is 11.1 Å². The molecule has 0 heterocycles. The number of aryl methyl sites for hydroxylation is 2. The number of ether oxygens (including phenoxy) is 1. The molecule has 1 atom stereocenters. The van der Waals surface area contributed by atoms with Crippen LogP contribution in [-0.2, 0) is 0 Å². The van der Waals surface area contributed by atoms with Gasteiger partial charge in [-0.1, -0.05) is 6.07 Å². The van der Waals surface area contributed by atoms with Crippen LogP contribution in [0.5, 0.6) is 5.75 Å². The molecule has 0 aliphatic heterocycles. The van der Waals surface area contributed by atoms with E-state index in [1.807, 2.05) is 26.0 Å². The number of rotatable bonds is 7. The average Bonchev–Trinajstić information content (AvgIpc) is 2.25. The Labute approximate surface area is 102 Å². The monoisotopic (exact) mass is 239 g/mol. The van der Waals surface area contributed by atoms with Crippen molar-refractivity contribution < 1.29 is 14.9 Å². The van der Waals surface area contributed by atoms with Gasteiger partial charge >= 0.3 is 0 Å². The molecule has 1 unspecified atom stereocenters. The Morgan fingerprint density at radius 2 is 1.88 bits per heavy atom. The van der Waals surface area contributed by atoms with Gasteiger partial charge in [0, 0.05) is 13.1 Å². The van der Waals surface area contributed by atoms with E-state index >= 15 is 0 Å². The smallest absolute Gasteiger partial charge is 0.119 e. The molecule has 0 fully saturated rings. The summed E-state index contributed by atoms with van der Waals surface area (Å²) in [6.45, 7) is 5.26. The van der Waals surface area contributed by atoms with E-state index in [1.165, 1.54) is 0 Å². The molecular formula is C13H21NO3. The van der Waals surface area contributed by atoms with E-state index in [1.54, 1.807) is 0 Å². The molecule has 1 aromatic rings.